The first kappa shape index (κ1) is 28.3. The van der Waals surface area contributed by atoms with Gasteiger partial charge in [0, 0.05) is 69.1 Å². The van der Waals surface area contributed by atoms with E-state index in [4.69, 9.17) is 16.2 Å². The first-order valence-corrected chi connectivity index (χ1v) is 11.1. The Balaban J connectivity index is 0.000000292. The Bertz CT molecular complexity index is 893. The lowest BCUT2D eigenvalue weighted by Gasteiger charge is -2.20. The molecular formula is C25H35N5O4. The lowest BCUT2D eigenvalue weighted by molar-refractivity contribution is -0.117. The highest BCUT2D eigenvalue weighted by atomic mass is 16.3. The van der Waals surface area contributed by atoms with Crippen molar-refractivity contribution < 1.29 is 19.5 Å². The van der Waals surface area contributed by atoms with Crippen LogP contribution >= 0.6 is 0 Å². The number of amides is 1. The van der Waals surface area contributed by atoms with Crippen LogP contribution in [0.3, 0.4) is 0 Å². The summed E-state index contributed by atoms with van der Waals surface area (Å²) in [6, 6.07) is 15.3. The van der Waals surface area contributed by atoms with E-state index < -0.39 is 0 Å². The van der Waals surface area contributed by atoms with Gasteiger partial charge in [0.25, 0.3) is 0 Å². The first-order valence-electron chi connectivity index (χ1n) is 11.1. The third kappa shape index (κ3) is 9.83. The Labute approximate surface area is 201 Å². The number of nitrogens with zero attached hydrogens (tertiary/aromatic N) is 2. The molecular weight excluding hydrogens is 434 g/mol. The van der Waals surface area contributed by atoms with E-state index in [0.29, 0.717) is 25.8 Å². The lowest BCUT2D eigenvalue weighted by atomic mass is 10.2. The van der Waals surface area contributed by atoms with E-state index in [-0.39, 0.29) is 18.3 Å². The van der Waals surface area contributed by atoms with Crippen LogP contribution in [0.5, 0.6) is 0 Å². The third-order valence-electron chi connectivity index (χ3n) is 5.00. The van der Waals surface area contributed by atoms with Gasteiger partial charge < -0.3 is 35.5 Å². The van der Waals surface area contributed by atoms with Crippen molar-refractivity contribution in [2.24, 2.45) is 5.73 Å². The Morgan fingerprint density at radius 3 is 2.12 bits per heavy atom. The standard InChI is InChI=1S/C13H18N2O2.C8H11N3.C4H6O2/c1-14(9-10-16)11-4-6-12(7-5-11)15-8-2-3-13(15)17;1-11-7-4-2-6(3-5-7)8(9)10;5-3-1-2-4-6/h4-7,16H,2-3,8-10H2,1H3;2-5,11H,1H3,(H3,9,10);3-4H,1-2H2. The molecule has 1 fully saturated rings. The van der Waals surface area contributed by atoms with E-state index in [1.165, 1.54) is 0 Å². The fourth-order valence-electron chi connectivity index (χ4n) is 3.04. The highest BCUT2D eigenvalue weighted by Gasteiger charge is 2.21. The molecule has 1 aliphatic rings. The molecule has 1 heterocycles. The molecule has 9 heteroatoms. The number of anilines is 3. The number of aldehydes is 2. The predicted octanol–water partition coefficient (Wildman–Crippen LogP) is 2.42. The van der Waals surface area contributed by atoms with Crippen LogP contribution in [0, 0.1) is 5.41 Å². The van der Waals surface area contributed by atoms with Crippen molar-refractivity contribution in [3.05, 3.63) is 54.1 Å². The van der Waals surface area contributed by atoms with Gasteiger partial charge in [-0.2, -0.15) is 0 Å². The smallest absolute Gasteiger partial charge is 0.227 e. The number of aliphatic hydroxyl groups excluding tert-OH is 1. The van der Waals surface area contributed by atoms with Crippen LogP contribution < -0.4 is 20.9 Å². The number of hydrogen-bond donors (Lipinski definition) is 4. The van der Waals surface area contributed by atoms with Crippen LogP contribution in [0.2, 0.25) is 0 Å². The number of nitrogens with one attached hydrogen (secondary N) is 2. The molecule has 0 saturated carbocycles. The van der Waals surface area contributed by atoms with Crippen molar-refractivity contribution >= 4 is 41.4 Å². The highest BCUT2D eigenvalue weighted by Crippen LogP contribution is 2.24. The van der Waals surface area contributed by atoms with Gasteiger partial charge in [-0.25, -0.2) is 0 Å². The molecule has 0 spiro atoms. The van der Waals surface area contributed by atoms with Crippen LogP contribution in [-0.4, -0.2) is 63.2 Å². The largest absolute Gasteiger partial charge is 0.395 e. The molecule has 1 aliphatic heterocycles. The molecule has 1 amide bonds. The summed E-state index contributed by atoms with van der Waals surface area (Å²) in [6.45, 7) is 1.58. The number of unbranched alkanes of at least 4 members (excludes halogenated alkanes) is 1. The molecule has 2 aromatic rings. The summed E-state index contributed by atoms with van der Waals surface area (Å²) >= 11 is 0. The number of nitrogen functional groups attached to an aromatic ring is 1. The van der Waals surface area contributed by atoms with Gasteiger partial charge in [0.05, 0.1) is 6.61 Å². The number of likely N-dealkylation sites (N-methyl/N-ethyl adjacent to an activating group) is 1. The second-order valence-electron chi connectivity index (χ2n) is 7.46. The summed E-state index contributed by atoms with van der Waals surface area (Å²) in [6.07, 6.45) is 3.80. The number of hydrogen-bond acceptors (Lipinski definition) is 7. The monoisotopic (exact) mass is 469 g/mol. The van der Waals surface area contributed by atoms with E-state index in [0.717, 1.165) is 48.2 Å². The summed E-state index contributed by atoms with van der Waals surface area (Å²) in [7, 11) is 3.79. The summed E-state index contributed by atoms with van der Waals surface area (Å²) < 4.78 is 0. The minimum Gasteiger partial charge on any atom is -0.395 e. The normalized spacial score (nSPS) is 12.0. The molecule has 0 aliphatic carbocycles. The average molecular weight is 470 g/mol. The molecule has 0 aromatic heterocycles. The van der Waals surface area contributed by atoms with Crippen LogP contribution in [0.25, 0.3) is 0 Å². The Kier molecular flexibility index (Phi) is 13.3. The second-order valence-corrected chi connectivity index (χ2v) is 7.46. The van der Waals surface area contributed by atoms with Crippen molar-refractivity contribution in [2.45, 2.75) is 25.7 Å². The Hall–Kier alpha value is -3.72. The van der Waals surface area contributed by atoms with Crippen LogP contribution in [0.15, 0.2) is 48.5 Å². The number of aliphatic hydroxyl groups is 1. The topological polar surface area (TPSA) is 140 Å². The lowest BCUT2D eigenvalue weighted by Crippen LogP contribution is -2.24. The maximum absolute atomic E-state index is 11.6. The molecule has 0 unspecified atom stereocenters. The summed E-state index contributed by atoms with van der Waals surface area (Å²) in [5.41, 5.74) is 9.06. The highest BCUT2D eigenvalue weighted by molar-refractivity contribution is 5.95. The second kappa shape index (κ2) is 16.0. The molecule has 9 nitrogen and oxygen atoms in total. The number of carbonyl (C=O) groups excluding carboxylic acids is 3. The minimum absolute atomic E-state index is 0.104. The number of amidine groups is 1. The zero-order chi connectivity index (χ0) is 25.3. The molecule has 1 saturated heterocycles. The first-order chi connectivity index (χ1) is 16.4. The zero-order valence-electron chi connectivity index (χ0n) is 19.9. The van der Waals surface area contributed by atoms with Gasteiger partial charge >= 0.3 is 0 Å². The van der Waals surface area contributed by atoms with Gasteiger partial charge in [0.1, 0.15) is 18.4 Å². The number of nitrogens with two attached hydrogens (primary N) is 1. The van der Waals surface area contributed by atoms with Crippen molar-refractivity contribution in [2.75, 3.05) is 48.9 Å². The zero-order valence-corrected chi connectivity index (χ0v) is 19.9. The van der Waals surface area contributed by atoms with E-state index in [1.807, 2.05) is 72.4 Å². The Morgan fingerprint density at radius 1 is 1.12 bits per heavy atom. The van der Waals surface area contributed by atoms with Crippen LogP contribution in [0.1, 0.15) is 31.2 Å². The van der Waals surface area contributed by atoms with Gasteiger partial charge in [0.15, 0.2) is 0 Å². The minimum atomic E-state index is 0.104. The van der Waals surface area contributed by atoms with E-state index >= 15 is 0 Å². The molecule has 3 rings (SSSR count). The predicted molar refractivity (Wildman–Crippen MR) is 137 cm³/mol. The van der Waals surface area contributed by atoms with Gasteiger partial charge in [0.2, 0.25) is 5.91 Å². The molecule has 0 radical (unpaired) electrons. The Morgan fingerprint density at radius 2 is 1.71 bits per heavy atom. The molecule has 0 bridgehead atoms. The SMILES string of the molecule is CN(CCO)c1ccc(N2CCCC2=O)cc1.CNc1ccc(C(=N)N)cc1.O=CCCC=O. The van der Waals surface area contributed by atoms with E-state index in [1.54, 1.807) is 0 Å². The molecule has 0 atom stereocenters. The van der Waals surface area contributed by atoms with Gasteiger partial charge in [-0.1, -0.05) is 0 Å². The average Bonchev–Trinajstić information content (AvgIpc) is 3.29. The van der Waals surface area contributed by atoms with Crippen LogP contribution in [0.4, 0.5) is 17.1 Å². The van der Waals surface area contributed by atoms with Crippen molar-refractivity contribution in [1.82, 2.24) is 0 Å². The fourth-order valence-corrected chi connectivity index (χ4v) is 3.04. The van der Waals surface area contributed by atoms with Crippen molar-refractivity contribution in [3.63, 3.8) is 0 Å². The molecule has 5 N–H and O–H groups in total. The quantitative estimate of drug-likeness (QED) is 0.191. The van der Waals surface area contributed by atoms with Gasteiger partial charge in [-0.3, -0.25) is 10.2 Å². The maximum Gasteiger partial charge on any atom is 0.227 e. The maximum atomic E-state index is 11.6. The van der Waals surface area contributed by atoms with Crippen molar-refractivity contribution in [1.29, 1.82) is 5.41 Å². The molecule has 184 valence electrons. The van der Waals surface area contributed by atoms with Gasteiger partial charge in [-0.15, -0.1) is 0 Å². The number of rotatable bonds is 9. The third-order valence-corrected chi connectivity index (χ3v) is 5.00. The van der Waals surface area contributed by atoms with Gasteiger partial charge in [-0.05, 0) is 55.0 Å². The number of benzene rings is 2. The van der Waals surface area contributed by atoms with Crippen molar-refractivity contribution in [3.8, 4) is 0 Å². The summed E-state index contributed by atoms with van der Waals surface area (Å²) in [4.78, 5) is 34.2. The fraction of sp³-hybridized carbons (Fsp3) is 0.360. The number of carbonyl (C=O) groups is 3. The van der Waals surface area contributed by atoms with Crippen LogP contribution in [-0.2, 0) is 14.4 Å². The summed E-state index contributed by atoms with van der Waals surface area (Å²) in [5, 5.41) is 19.0. The van der Waals surface area contributed by atoms with E-state index in [9.17, 15) is 14.4 Å². The molecule has 2 aromatic carbocycles. The summed E-state index contributed by atoms with van der Waals surface area (Å²) in [5.74, 6) is 0.314. The molecule has 34 heavy (non-hydrogen) atoms. The van der Waals surface area contributed by atoms with E-state index in [2.05, 4.69) is 5.32 Å².